The summed E-state index contributed by atoms with van der Waals surface area (Å²) in [7, 11) is 5.13. The molecule has 10 rings (SSSR count). The summed E-state index contributed by atoms with van der Waals surface area (Å²) >= 11 is 1.52. The third kappa shape index (κ3) is 5.33. The van der Waals surface area contributed by atoms with Gasteiger partial charge >= 0.3 is 11.9 Å². The molecule has 1 spiro atoms. The van der Waals surface area contributed by atoms with Crippen molar-refractivity contribution in [2.24, 2.45) is 0 Å². The molecule has 1 unspecified atom stereocenters. The van der Waals surface area contributed by atoms with E-state index in [-0.39, 0.29) is 30.9 Å². The number of carbonyl (C=O) groups excluding carboxylic acids is 2. The summed E-state index contributed by atoms with van der Waals surface area (Å²) in [5, 5.41) is 26.3. The number of rotatable bonds is 5. The fourth-order valence-corrected chi connectivity index (χ4v) is 12.1. The number of phenols is 1. The zero-order chi connectivity index (χ0) is 40.1. The number of carbonyl (C=O) groups is 2. The van der Waals surface area contributed by atoms with E-state index in [0.717, 1.165) is 27.8 Å². The average molecular weight is 799 g/mol. The lowest BCUT2D eigenvalue weighted by molar-refractivity contribution is -0.157. The zero-order valence-electron chi connectivity index (χ0n) is 33.0. The number of ether oxygens (including phenoxy) is 7. The Morgan fingerprint density at radius 1 is 1.07 bits per heavy atom. The van der Waals surface area contributed by atoms with Gasteiger partial charge in [-0.15, -0.1) is 11.8 Å². The van der Waals surface area contributed by atoms with Crippen molar-refractivity contribution in [3.8, 4) is 46.3 Å². The molecule has 2 saturated heterocycles. The minimum absolute atomic E-state index is 0.0503. The quantitative estimate of drug-likeness (QED) is 0.270. The standard InChI is InChI=1S/C42H46N4O10S/c1-8-52-29-13-22-9-10-44-42(24(22)14-28(29)50-6)17-57-40-32-31(39-38(54-18-55-39)20(3)37(32)56-21(4)47)27(16-53-41(42)49)46-26(15-43)25-12-23-11-19(2)36(51-7)35(48)30(23)33(34(40)46)45(25)5/h11,13-14,25-27,33-34,40,44,48H,8-10,12,16-18H2,1-7H3/t25-,26+,27-,33-,34?,40-,42-/m1/s1. The third-order valence-electron chi connectivity index (χ3n) is 12.7. The Kier molecular flexibility index (Phi) is 9.19. The number of methoxy groups -OCH3 is 2. The van der Waals surface area contributed by atoms with E-state index in [1.54, 1.807) is 14.2 Å². The summed E-state index contributed by atoms with van der Waals surface area (Å²) in [5.41, 5.74) is 4.82. The molecule has 7 atom stereocenters. The van der Waals surface area contributed by atoms with E-state index >= 15 is 0 Å². The Balaban J connectivity index is 1.32. The van der Waals surface area contributed by atoms with Gasteiger partial charge in [0.25, 0.3) is 0 Å². The number of thioether (sulfide) groups is 1. The van der Waals surface area contributed by atoms with Crippen molar-refractivity contribution in [3.63, 3.8) is 0 Å². The van der Waals surface area contributed by atoms with Crippen molar-refractivity contribution < 1.29 is 47.9 Å². The molecule has 3 aromatic rings. The van der Waals surface area contributed by atoms with Crippen LogP contribution in [0.4, 0.5) is 0 Å². The molecule has 300 valence electrons. The maximum Gasteiger partial charge on any atom is 0.331 e. The number of esters is 2. The minimum Gasteiger partial charge on any atom is -0.504 e. The lowest BCUT2D eigenvalue weighted by Gasteiger charge is -2.62. The molecule has 0 aromatic heterocycles. The van der Waals surface area contributed by atoms with E-state index in [1.165, 1.54) is 18.7 Å². The third-order valence-corrected chi connectivity index (χ3v) is 14.2. The van der Waals surface area contributed by atoms with Crippen LogP contribution in [-0.4, -0.2) is 98.5 Å². The van der Waals surface area contributed by atoms with Crippen molar-refractivity contribution in [1.82, 2.24) is 15.1 Å². The molecule has 0 aliphatic carbocycles. The summed E-state index contributed by atoms with van der Waals surface area (Å²) in [6.07, 6.45) is 1.15. The lowest BCUT2D eigenvalue weighted by atomic mass is 9.71. The van der Waals surface area contributed by atoms with Gasteiger partial charge in [0, 0.05) is 53.6 Å². The highest BCUT2D eigenvalue weighted by Crippen LogP contribution is 2.64. The van der Waals surface area contributed by atoms with Crippen LogP contribution in [-0.2, 0) is 32.7 Å². The number of likely N-dealkylation sites (N-methyl/N-ethyl adjacent to an activating group) is 1. The Hall–Kier alpha value is -4.88. The molecule has 14 nitrogen and oxygen atoms in total. The number of aryl methyl sites for hydroxylation is 1. The van der Waals surface area contributed by atoms with Gasteiger partial charge in [-0.05, 0) is 75.0 Å². The van der Waals surface area contributed by atoms with Gasteiger partial charge in [0.2, 0.25) is 6.79 Å². The molecule has 4 bridgehead atoms. The number of nitrogens with zero attached hydrogens (tertiary/aromatic N) is 3. The maximum atomic E-state index is 14.9. The summed E-state index contributed by atoms with van der Waals surface area (Å²) in [4.78, 5) is 32.3. The van der Waals surface area contributed by atoms with Gasteiger partial charge in [0.15, 0.2) is 40.0 Å². The molecule has 0 amide bonds. The molecule has 57 heavy (non-hydrogen) atoms. The van der Waals surface area contributed by atoms with E-state index in [9.17, 15) is 20.0 Å². The van der Waals surface area contributed by atoms with Crippen LogP contribution in [0.25, 0.3) is 0 Å². The fourth-order valence-electron chi connectivity index (χ4n) is 10.4. The number of fused-ring (bicyclic) bond motifs is 9. The first-order valence-corrected chi connectivity index (χ1v) is 20.3. The van der Waals surface area contributed by atoms with Gasteiger partial charge in [-0.3, -0.25) is 19.9 Å². The maximum absolute atomic E-state index is 14.9. The van der Waals surface area contributed by atoms with Crippen LogP contribution in [0.5, 0.6) is 40.2 Å². The minimum atomic E-state index is -1.31. The number of piperazine rings is 1. The zero-order valence-corrected chi connectivity index (χ0v) is 33.8. The van der Waals surface area contributed by atoms with Crippen molar-refractivity contribution in [1.29, 1.82) is 5.26 Å². The van der Waals surface area contributed by atoms with Crippen LogP contribution in [0, 0.1) is 25.2 Å². The van der Waals surface area contributed by atoms with Crippen LogP contribution in [0.15, 0.2) is 18.2 Å². The van der Waals surface area contributed by atoms with Gasteiger partial charge in [0.1, 0.15) is 18.4 Å². The van der Waals surface area contributed by atoms with Gasteiger partial charge in [-0.25, -0.2) is 4.79 Å². The second kappa shape index (κ2) is 13.9. The number of hydrogen-bond acceptors (Lipinski definition) is 15. The van der Waals surface area contributed by atoms with Crippen LogP contribution in [0.3, 0.4) is 0 Å². The number of phenolic OH excluding ortho intramolecular Hbond substituents is 1. The molecule has 3 aromatic carbocycles. The van der Waals surface area contributed by atoms with Crippen LogP contribution in [0.1, 0.15) is 75.7 Å². The van der Waals surface area contributed by atoms with Crippen LogP contribution in [0.2, 0.25) is 0 Å². The van der Waals surface area contributed by atoms with Gasteiger partial charge in [-0.1, -0.05) is 6.07 Å². The number of nitriles is 1. The Morgan fingerprint density at radius 2 is 1.86 bits per heavy atom. The largest absolute Gasteiger partial charge is 0.504 e. The second-order valence-corrected chi connectivity index (χ2v) is 16.6. The first-order valence-electron chi connectivity index (χ1n) is 19.3. The molecule has 15 heteroatoms. The predicted molar refractivity (Wildman–Crippen MR) is 207 cm³/mol. The van der Waals surface area contributed by atoms with Crippen molar-refractivity contribution in [3.05, 3.63) is 62.7 Å². The summed E-state index contributed by atoms with van der Waals surface area (Å²) in [6, 6.07) is 5.88. The van der Waals surface area contributed by atoms with Crippen LogP contribution < -0.4 is 33.7 Å². The van der Waals surface area contributed by atoms with Gasteiger partial charge in [0.05, 0.1) is 44.2 Å². The van der Waals surface area contributed by atoms with E-state index in [2.05, 4.69) is 27.3 Å². The Labute approximate surface area is 335 Å². The highest BCUT2D eigenvalue weighted by Gasteiger charge is 2.62. The first-order chi connectivity index (χ1) is 27.5. The first kappa shape index (κ1) is 37.7. The lowest BCUT2D eigenvalue weighted by Crippen LogP contribution is -2.69. The summed E-state index contributed by atoms with van der Waals surface area (Å²) in [6.45, 7) is 7.78. The number of nitrogens with one attached hydrogen (secondary N) is 1. The molecule has 7 aliphatic heterocycles. The average Bonchev–Trinajstić information content (AvgIpc) is 3.68. The number of benzene rings is 3. The van der Waals surface area contributed by atoms with E-state index in [1.807, 2.05) is 40.0 Å². The molecule has 0 radical (unpaired) electrons. The molecular weight excluding hydrogens is 753 g/mol. The van der Waals surface area contributed by atoms with Crippen molar-refractivity contribution in [2.45, 2.75) is 81.5 Å². The van der Waals surface area contributed by atoms with Crippen molar-refractivity contribution in [2.75, 3.05) is 53.6 Å². The predicted octanol–water partition coefficient (Wildman–Crippen LogP) is 4.68. The Morgan fingerprint density at radius 3 is 2.58 bits per heavy atom. The molecule has 7 heterocycles. The molecule has 0 saturated carbocycles. The normalized spacial score (nSPS) is 28.3. The second-order valence-electron chi connectivity index (χ2n) is 15.5. The fraction of sp³-hybridized carbons (Fsp3) is 0.500. The monoisotopic (exact) mass is 798 g/mol. The number of hydrogen-bond donors (Lipinski definition) is 2. The van der Waals surface area contributed by atoms with Crippen LogP contribution >= 0.6 is 11.8 Å². The topological polar surface area (TPSA) is 161 Å². The molecule has 7 aliphatic rings. The van der Waals surface area contributed by atoms with E-state index < -0.39 is 46.9 Å². The smallest absolute Gasteiger partial charge is 0.331 e. The molecule has 2 fully saturated rings. The SMILES string of the molecule is CCOc1cc2c(cc1OC)[C@@]1(CS[C@@H]3c4c(OC(C)=O)c(C)c5c(c4[C@@H](COC1=O)N1C3[C@H]3c4c(cc(C)c(OC)c4O)C[C@H]([C@@H]1C#N)N3C)OCO5)NCC2. The molecule has 2 N–H and O–H groups in total. The summed E-state index contributed by atoms with van der Waals surface area (Å²) < 4.78 is 42.5. The molecular formula is C42H46N4O10S. The van der Waals surface area contributed by atoms with E-state index in [0.29, 0.717) is 77.2 Å². The van der Waals surface area contributed by atoms with Gasteiger partial charge in [-0.2, -0.15) is 5.26 Å². The highest BCUT2D eigenvalue weighted by atomic mass is 32.2. The highest BCUT2D eigenvalue weighted by molar-refractivity contribution is 7.99. The van der Waals surface area contributed by atoms with Gasteiger partial charge < -0.3 is 38.3 Å². The Bertz CT molecular complexity index is 2260. The summed E-state index contributed by atoms with van der Waals surface area (Å²) in [5.74, 6) is 2.06. The number of aromatic hydroxyl groups is 1. The van der Waals surface area contributed by atoms with Crippen molar-refractivity contribution >= 4 is 23.7 Å². The van der Waals surface area contributed by atoms with E-state index in [4.69, 9.17) is 33.2 Å².